The molecule has 1 aromatic carbocycles. The maximum atomic E-state index is 12.2. The number of rotatable bonds is 5. The van der Waals surface area contributed by atoms with Gasteiger partial charge < -0.3 is 28.8 Å². The lowest BCUT2D eigenvalue weighted by Gasteiger charge is -2.35. The second kappa shape index (κ2) is 9.62. The maximum Gasteiger partial charge on any atom is 0.407 e. The number of imidazole rings is 1. The number of hydrogen-bond donors (Lipinski definition) is 1. The number of amides is 1. The number of carbonyl (C=O) groups excluding carboxylic acids is 1. The van der Waals surface area contributed by atoms with E-state index in [9.17, 15) is 4.79 Å². The molecule has 1 aliphatic rings. The molecule has 1 atom stereocenters. The number of aromatic nitrogens is 2. The van der Waals surface area contributed by atoms with Crippen LogP contribution in [-0.4, -0.2) is 54.4 Å². The minimum atomic E-state index is -0.515. The average molecular weight is 487 g/mol. The van der Waals surface area contributed by atoms with Gasteiger partial charge in [0.15, 0.2) is 0 Å². The Morgan fingerprint density at radius 3 is 2.65 bits per heavy atom. The second-order valence-electron chi connectivity index (χ2n) is 9.39. The van der Waals surface area contributed by atoms with Crippen LogP contribution >= 0.6 is 11.6 Å². The number of nitrogens with zero attached hydrogens (tertiary/aromatic N) is 3. The molecule has 3 aromatic rings. The van der Waals surface area contributed by atoms with Crippen molar-refractivity contribution in [2.24, 2.45) is 0 Å². The summed E-state index contributed by atoms with van der Waals surface area (Å²) in [6.07, 6.45) is 5.46. The molecule has 3 heterocycles. The Hall–Kier alpha value is -3.13. The van der Waals surface area contributed by atoms with Gasteiger partial charge in [-0.15, -0.1) is 0 Å². The van der Waals surface area contributed by atoms with E-state index in [-0.39, 0.29) is 12.1 Å². The van der Waals surface area contributed by atoms with E-state index in [1.807, 2.05) is 37.6 Å². The van der Waals surface area contributed by atoms with E-state index in [0.717, 1.165) is 42.0 Å². The van der Waals surface area contributed by atoms with Crippen LogP contribution in [0.4, 0.5) is 10.5 Å². The van der Waals surface area contributed by atoms with Crippen LogP contribution in [0.5, 0.6) is 11.5 Å². The van der Waals surface area contributed by atoms with Crippen molar-refractivity contribution in [1.82, 2.24) is 14.7 Å². The summed E-state index contributed by atoms with van der Waals surface area (Å²) >= 11 is 6.36. The third-order valence-corrected chi connectivity index (χ3v) is 6.00. The van der Waals surface area contributed by atoms with Crippen LogP contribution in [0.1, 0.15) is 33.6 Å². The molecule has 182 valence electrons. The van der Waals surface area contributed by atoms with Crippen molar-refractivity contribution in [3.8, 4) is 22.8 Å². The number of hydrogen-bond acceptors (Lipinski definition) is 6. The number of benzene rings is 1. The molecule has 1 saturated heterocycles. The highest BCUT2D eigenvalue weighted by Crippen LogP contribution is 2.38. The van der Waals surface area contributed by atoms with Gasteiger partial charge in [-0.1, -0.05) is 11.6 Å². The zero-order valence-electron chi connectivity index (χ0n) is 20.2. The summed E-state index contributed by atoms with van der Waals surface area (Å²) in [6, 6.07) is 7.71. The van der Waals surface area contributed by atoms with Gasteiger partial charge in [0.25, 0.3) is 0 Å². The van der Waals surface area contributed by atoms with Crippen molar-refractivity contribution in [2.45, 2.75) is 45.3 Å². The van der Waals surface area contributed by atoms with E-state index in [1.165, 1.54) is 0 Å². The summed E-state index contributed by atoms with van der Waals surface area (Å²) in [5.74, 6) is 1.19. The molecule has 8 nitrogen and oxygen atoms in total. The number of fused-ring (bicyclic) bond motifs is 1. The van der Waals surface area contributed by atoms with Gasteiger partial charge in [0.05, 0.1) is 24.9 Å². The van der Waals surface area contributed by atoms with Gasteiger partial charge in [-0.05, 0) is 45.7 Å². The predicted octanol–water partition coefficient (Wildman–Crippen LogP) is 5.17. The smallest absolute Gasteiger partial charge is 0.407 e. The maximum absolute atomic E-state index is 12.2. The summed E-state index contributed by atoms with van der Waals surface area (Å²) in [4.78, 5) is 19.3. The molecular formula is C25H31ClN4O4. The number of ether oxygens (including phenoxy) is 3. The number of piperidine rings is 1. The van der Waals surface area contributed by atoms with E-state index in [1.54, 1.807) is 26.4 Å². The number of methoxy groups -OCH3 is 2. The molecule has 4 rings (SSSR count). The Bertz CT molecular complexity index is 1190. The molecule has 1 N–H and O–H groups in total. The Kier molecular flexibility index (Phi) is 6.79. The Morgan fingerprint density at radius 2 is 1.94 bits per heavy atom. The van der Waals surface area contributed by atoms with Gasteiger partial charge >= 0.3 is 6.09 Å². The van der Waals surface area contributed by atoms with Crippen LogP contribution in [0.25, 0.3) is 16.9 Å². The highest BCUT2D eigenvalue weighted by Gasteiger charge is 2.25. The van der Waals surface area contributed by atoms with Crippen LogP contribution < -0.4 is 19.7 Å². The molecular weight excluding hydrogens is 456 g/mol. The van der Waals surface area contributed by atoms with Crippen LogP contribution in [0, 0.1) is 0 Å². The lowest BCUT2D eigenvalue weighted by molar-refractivity contribution is 0.0500. The largest absolute Gasteiger partial charge is 0.496 e. The van der Waals surface area contributed by atoms with Crippen LogP contribution in [0.3, 0.4) is 0 Å². The molecule has 1 fully saturated rings. The SMILES string of the molecule is COc1cc(OC)c(-c2cn3ccc(N4CCC[C@H](NC(=O)OC(C)(C)C)C4)cc3n2)cc1Cl. The van der Waals surface area contributed by atoms with Gasteiger partial charge in [0.2, 0.25) is 0 Å². The predicted molar refractivity (Wildman–Crippen MR) is 133 cm³/mol. The van der Waals surface area contributed by atoms with E-state index >= 15 is 0 Å². The number of carbonyl (C=O) groups is 1. The Labute approximate surface area is 204 Å². The van der Waals surface area contributed by atoms with E-state index < -0.39 is 5.60 Å². The van der Waals surface area contributed by atoms with Gasteiger partial charge in [-0.2, -0.15) is 0 Å². The summed E-state index contributed by atoms with van der Waals surface area (Å²) < 4.78 is 18.2. The molecule has 0 spiro atoms. The van der Waals surface area contributed by atoms with Gasteiger partial charge in [0.1, 0.15) is 22.7 Å². The number of pyridine rings is 1. The molecule has 2 aromatic heterocycles. The fourth-order valence-corrected chi connectivity index (χ4v) is 4.40. The molecule has 1 aliphatic heterocycles. The first-order valence-electron chi connectivity index (χ1n) is 11.3. The zero-order chi connectivity index (χ0) is 24.5. The van der Waals surface area contributed by atoms with Gasteiger partial charge in [-0.3, -0.25) is 0 Å². The van der Waals surface area contributed by atoms with Crippen molar-refractivity contribution in [3.63, 3.8) is 0 Å². The molecule has 0 radical (unpaired) electrons. The lowest BCUT2D eigenvalue weighted by atomic mass is 10.1. The van der Waals surface area contributed by atoms with Crippen molar-refractivity contribution in [1.29, 1.82) is 0 Å². The quantitative estimate of drug-likeness (QED) is 0.536. The number of nitrogens with one attached hydrogen (secondary N) is 1. The first-order valence-corrected chi connectivity index (χ1v) is 11.7. The Morgan fingerprint density at radius 1 is 1.18 bits per heavy atom. The molecule has 0 unspecified atom stereocenters. The van der Waals surface area contributed by atoms with E-state index in [4.69, 9.17) is 30.8 Å². The third-order valence-electron chi connectivity index (χ3n) is 5.70. The van der Waals surface area contributed by atoms with E-state index in [2.05, 4.69) is 22.3 Å². The highest BCUT2D eigenvalue weighted by molar-refractivity contribution is 6.32. The molecule has 0 saturated carbocycles. The fraction of sp³-hybridized carbons (Fsp3) is 0.440. The molecule has 1 amide bonds. The first-order chi connectivity index (χ1) is 16.2. The highest BCUT2D eigenvalue weighted by atomic mass is 35.5. The summed E-state index contributed by atoms with van der Waals surface area (Å²) in [5, 5.41) is 3.50. The standard InChI is InChI=1S/C25H31ClN4O4/c1-25(2,3)34-24(31)27-16-7-6-9-29(14-16)17-8-10-30-15-20(28-23(30)11-17)18-12-19(26)22(33-5)13-21(18)32-4/h8,10-13,15-16H,6-7,9,14H2,1-5H3,(H,27,31)/t16-/m0/s1. The number of halogens is 1. The first kappa shape index (κ1) is 24.0. The fourth-order valence-electron chi connectivity index (χ4n) is 4.16. The molecule has 34 heavy (non-hydrogen) atoms. The van der Waals surface area contributed by atoms with Crippen molar-refractivity contribution in [2.75, 3.05) is 32.2 Å². The topological polar surface area (TPSA) is 77.3 Å². The number of anilines is 1. The lowest BCUT2D eigenvalue weighted by Crippen LogP contribution is -2.49. The van der Waals surface area contributed by atoms with Crippen molar-refractivity contribution < 1.29 is 19.0 Å². The summed E-state index contributed by atoms with van der Waals surface area (Å²) in [5.41, 5.74) is 2.89. The van der Waals surface area contributed by atoms with Crippen LogP contribution in [0.15, 0.2) is 36.7 Å². The summed E-state index contributed by atoms with van der Waals surface area (Å²) in [7, 11) is 3.18. The minimum Gasteiger partial charge on any atom is -0.496 e. The van der Waals surface area contributed by atoms with E-state index in [0.29, 0.717) is 23.1 Å². The van der Waals surface area contributed by atoms with Gasteiger partial charge in [0, 0.05) is 54.9 Å². The second-order valence-corrected chi connectivity index (χ2v) is 9.80. The van der Waals surface area contributed by atoms with Crippen molar-refractivity contribution in [3.05, 3.63) is 41.7 Å². The third kappa shape index (κ3) is 5.33. The van der Waals surface area contributed by atoms with Crippen LogP contribution in [-0.2, 0) is 4.74 Å². The normalized spacial score (nSPS) is 16.4. The minimum absolute atomic E-state index is 0.0286. The molecule has 0 bridgehead atoms. The molecule has 0 aliphatic carbocycles. The van der Waals surface area contributed by atoms with Crippen molar-refractivity contribution >= 4 is 29.0 Å². The Balaban J connectivity index is 1.55. The summed E-state index contributed by atoms with van der Waals surface area (Å²) in [6.45, 7) is 7.22. The van der Waals surface area contributed by atoms with Crippen LogP contribution in [0.2, 0.25) is 5.02 Å². The average Bonchev–Trinajstić information content (AvgIpc) is 3.21. The zero-order valence-corrected chi connectivity index (χ0v) is 21.0. The van der Waals surface area contributed by atoms with Gasteiger partial charge in [-0.25, -0.2) is 9.78 Å². The monoisotopic (exact) mass is 486 g/mol. The number of alkyl carbamates (subject to hydrolysis) is 1. The molecule has 9 heteroatoms.